The Morgan fingerprint density at radius 1 is 0.904 bits per heavy atom. The number of Topliss-reactive ketones (excluding diaryl/α,β-unsaturated/α-hetero) is 1. The zero-order chi connectivity index (χ0) is 38.4. The first-order valence-corrected chi connectivity index (χ1v) is 20.5. The molecule has 292 valence electrons. The highest BCUT2D eigenvalue weighted by atomic mass is 16.5. The topological polar surface area (TPSA) is 147 Å². The molecule has 0 spiro atoms. The molecule has 52 heavy (non-hydrogen) atoms. The van der Waals surface area contributed by atoms with Crippen molar-refractivity contribution in [3.8, 4) is 0 Å². The number of amides is 1. The molecule has 9 atom stereocenters. The number of likely N-dealkylation sites (tertiary alicyclic amines) is 1. The molecule has 0 aromatic carbocycles. The van der Waals surface area contributed by atoms with Gasteiger partial charge in [-0.1, -0.05) is 54.0 Å². The van der Waals surface area contributed by atoms with Crippen LogP contribution < -0.4 is 5.73 Å². The van der Waals surface area contributed by atoms with Gasteiger partial charge in [0.05, 0.1) is 17.9 Å². The van der Waals surface area contributed by atoms with Crippen LogP contribution in [0.3, 0.4) is 0 Å². The van der Waals surface area contributed by atoms with Gasteiger partial charge in [-0.2, -0.15) is 0 Å². The molecular formula is C43H68N2O7. The average molecular weight is 725 g/mol. The SMILES string of the molecule is CC(C)C1=C2[C@H]3CC[C@@H]4[C@@]5(C)CC[C@H](OC(=O)CC(C)(C)C(=O)O)C(C)(C)[C@@H]5CC[C@@]4(C)[C@]3(C)CC[C@@]2([C@H](O)CN2CCC(C(N)=O)CC2)CC1=O. The number of carboxylic acids is 1. The molecule has 6 aliphatic rings. The summed E-state index contributed by atoms with van der Waals surface area (Å²) in [5, 5.41) is 21.9. The molecule has 9 nitrogen and oxygen atoms in total. The van der Waals surface area contributed by atoms with Gasteiger partial charge in [-0.25, -0.2) is 0 Å². The highest BCUT2D eigenvalue weighted by Crippen LogP contribution is 2.77. The Balaban J connectivity index is 1.27. The summed E-state index contributed by atoms with van der Waals surface area (Å²) >= 11 is 0. The Bertz CT molecular complexity index is 1510. The number of carbonyl (C=O) groups excluding carboxylic acids is 3. The molecule has 0 bridgehead atoms. The predicted octanol–water partition coefficient (Wildman–Crippen LogP) is 6.94. The summed E-state index contributed by atoms with van der Waals surface area (Å²) in [6, 6.07) is 0. The number of ether oxygens (including phenoxy) is 1. The third-order valence-corrected chi connectivity index (χ3v) is 16.9. The minimum Gasteiger partial charge on any atom is -0.481 e. The van der Waals surface area contributed by atoms with Crippen molar-refractivity contribution in [2.45, 2.75) is 152 Å². The van der Waals surface area contributed by atoms with Crippen molar-refractivity contribution >= 4 is 23.6 Å². The summed E-state index contributed by atoms with van der Waals surface area (Å²) in [6.07, 6.45) is 8.55. The van der Waals surface area contributed by atoms with Crippen molar-refractivity contribution in [1.29, 1.82) is 0 Å². The van der Waals surface area contributed by atoms with E-state index in [4.69, 9.17) is 10.5 Å². The molecule has 5 fully saturated rings. The average Bonchev–Trinajstić information content (AvgIpc) is 3.36. The van der Waals surface area contributed by atoms with Gasteiger partial charge in [-0.15, -0.1) is 0 Å². The van der Waals surface area contributed by atoms with Crippen LogP contribution in [-0.4, -0.2) is 70.6 Å². The highest BCUT2D eigenvalue weighted by molar-refractivity contribution is 6.00. The van der Waals surface area contributed by atoms with Crippen molar-refractivity contribution < 1.29 is 34.1 Å². The maximum atomic E-state index is 14.1. The fraction of sp³-hybridized carbons (Fsp3) is 0.860. The van der Waals surface area contributed by atoms with Crippen LogP contribution in [0.25, 0.3) is 0 Å². The maximum Gasteiger partial charge on any atom is 0.309 e. The number of aliphatic hydroxyl groups excluding tert-OH is 1. The fourth-order valence-electron chi connectivity index (χ4n) is 13.7. The van der Waals surface area contributed by atoms with E-state index < -0.39 is 28.9 Å². The number of β-amino-alcohol motifs (C(OH)–C–C–N with tert-alkyl or cyclic N) is 1. The van der Waals surface area contributed by atoms with E-state index in [2.05, 4.69) is 53.4 Å². The lowest BCUT2D eigenvalue weighted by molar-refractivity contribution is -0.235. The van der Waals surface area contributed by atoms with Crippen LogP contribution in [0.15, 0.2) is 11.1 Å². The molecule has 1 aliphatic heterocycles. The summed E-state index contributed by atoms with van der Waals surface area (Å²) in [5.74, 6) is -0.347. The molecular weight excluding hydrogens is 656 g/mol. The van der Waals surface area contributed by atoms with Gasteiger partial charge in [0.15, 0.2) is 5.78 Å². The third kappa shape index (κ3) is 5.92. The second kappa shape index (κ2) is 13.2. The number of carbonyl (C=O) groups is 4. The zero-order valence-corrected chi connectivity index (χ0v) is 33.6. The number of nitrogens with zero attached hydrogens (tertiary/aromatic N) is 1. The van der Waals surface area contributed by atoms with Crippen LogP contribution in [0.4, 0.5) is 0 Å². The second-order valence-electron chi connectivity index (χ2n) is 20.6. The second-order valence-corrected chi connectivity index (χ2v) is 20.6. The predicted molar refractivity (Wildman–Crippen MR) is 200 cm³/mol. The number of fused-ring (bicyclic) bond motifs is 7. The number of ketones is 1. The molecule has 4 N–H and O–H groups in total. The van der Waals surface area contributed by atoms with Crippen LogP contribution in [0.5, 0.6) is 0 Å². The van der Waals surface area contributed by atoms with Crippen LogP contribution in [0.1, 0.15) is 139 Å². The molecule has 0 aromatic heterocycles. The summed E-state index contributed by atoms with van der Waals surface area (Å²) < 4.78 is 6.16. The number of hydrogen-bond acceptors (Lipinski definition) is 7. The van der Waals surface area contributed by atoms with E-state index in [9.17, 15) is 29.4 Å². The number of aliphatic carboxylic acids is 1. The van der Waals surface area contributed by atoms with E-state index >= 15 is 0 Å². The molecule has 0 unspecified atom stereocenters. The number of piperidine rings is 1. The Morgan fingerprint density at radius 3 is 2.15 bits per heavy atom. The molecule has 9 heteroatoms. The van der Waals surface area contributed by atoms with E-state index in [1.54, 1.807) is 13.8 Å². The van der Waals surface area contributed by atoms with Gasteiger partial charge in [0.25, 0.3) is 0 Å². The van der Waals surface area contributed by atoms with E-state index in [-0.39, 0.29) is 63.6 Å². The minimum absolute atomic E-state index is 0.0249. The van der Waals surface area contributed by atoms with Gasteiger partial charge in [0.2, 0.25) is 5.91 Å². The quantitative estimate of drug-likeness (QED) is 0.217. The number of primary amides is 1. The number of nitrogens with two attached hydrogens (primary N) is 1. The van der Waals surface area contributed by atoms with Crippen LogP contribution in [-0.2, 0) is 23.9 Å². The van der Waals surface area contributed by atoms with Crippen LogP contribution in [0.2, 0.25) is 0 Å². The largest absolute Gasteiger partial charge is 0.481 e. The van der Waals surface area contributed by atoms with Gasteiger partial charge in [-0.3, -0.25) is 19.2 Å². The van der Waals surface area contributed by atoms with Crippen molar-refractivity contribution in [1.82, 2.24) is 4.90 Å². The van der Waals surface area contributed by atoms with Crippen molar-refractivity contribution in [3.05, 3.63) is 11.1 Å². The number of carboxylic acid groups (broad SMARTS) is 1. The van der Waals surface area contributed by atoms with Crippen molar-refractivity contribution in [2.75, 3.05) is 19.6 Å². The first kappa shape index (κ1) is 39.4. The number of allylic oxidation sites excluding steroid dienone is 1. The monoisotopic (exact) mass is 725 g/mol. The first-order valence-electron chi connectivity index (χ1n) is 20.5. The summed E-state index contributed by atoms with van der Waals surface area (Å²) in [7, 11) is 0. The molecule has 6 rings (SSSR count). The number of hydrogen-bond donors (Lipinski definition) is 3. The minimum atomic E-state index is -1.17. The molecule has 4 saturated carbocycles. The Kier molecular flexibility index (Phi) is 10.0. The zero-order valence-electron chi connectivity index (χ0n) is 33.6. The smallest absolute Gasteiger partial charge is 0.309 e. The van der Waals surface area contributed by atoms with E-state index in [1.807, 2.05) is 0 Å². The third-order valence-electron chi connectivity index (χ3n) is 16.9. The molecule has 0 radical (unpaired) electrons. The number of aliphatic hydroxyl groups is 1. The summed E-state index contributed by atoms with van der Waals surface area (Å²) in [6.45, 7) is 21.6. The first-order chi connectivity index (χ1) is 24.0. The lowest BCUT2D eigenvalue weighted by Gasteiger charge is -2.72. The Labute approximate surface area is 312 Å². The molecule has 1 amide bonds. The standard InChI is InChI=1S/C43H68N2O7/c1-25(2)34-28(46)22-43(31(47)24-45-20-14-26(15-21-45)36(44)49)19-18-41(8)27(35(34)43)10-11-30-40(7)16-13-32(52-33(48)23-38(3,4)37(50)51)39(5,6)29(40)12-17-42(30,41)9/h25-27,29-32,47H,10-24H2,1-9H3,(H2,44,49)(H,50,51)/t27-,29+,30-,31-,32+,40+,41-,42-,43+/m1/s1. The normalized spacial score (nSPS) is 40.0. The molecule has 1 saturated heterocycles. The van der Waals surface area contributed by atoms with Crippen molar-refractivity contribution in [2.24, 2.45) is 67.8 Å². The van der Waals surface area contributed by atoms with E-state index in [1.165, 1.54) is 5.57 Å². The van der Waals surface area contributed by atoms with Gasteiger partial charge in [0.1, 0.15) is 6.10 Å². The molecule has 5 aliphatic carbocycles. The van der Waals surface area contributed by atoms with Crippen LogP contribution in [0, 0.1) is 62.1 Å². The fourth-order valence-corrected chi connectivity index (χ4v) is 13.7. The Hall–Kier alpha value is -2.26. The lowest BCUT2D eigenvalue weighted by Crippen LogP contribution is -2.66. The van der Waals surface area contributed by atoms with Gasteiger partial charge in [-0.05, 0) is 137 Å². The maximum absolute atomic E-state index is 14.1. The summed E-state index contributed by atoms with van der Waals surface area (Å²) in [4.78, 5) is 53.0. The number of rotatable bonds is 9. The highest BCUT2D eigenvalue weighted by Gasteiger charge is 2.71. The van der Waals surface area contributed by atoms with Gasteiger partial charge < -0.3 is 25.6 Å². The van der Waals surface area contributed by atoms with E-state index in [0.29, 0.717) is 24.8 Å². The summed E-state index contributed by atoms with van der Waals surface area (Å²) in [5.41, 5.74) is 6.00. The van der Waals surface area contributed by atoms with Crippen molar-refractivity contribution in [3.63, 3.8) is 0 Å². The lowest BCUT2D eigenvalue weighted by atomic mass is 9.33. The Morgan fingerprint density at radius 2 is 1.56 bits per heavy atom. The number of esters is 1. The van der Waals surface area contributed by atoms with Gasteiger partial charge in [0, 0.05) is 29.7 Å². The van der Waals surface area contributed by atoms with Crippen LogP contribution >= 0.6 is 0 Å². The van der Waals surface area contributed by atoms with Gasteiger partial charge >= 0.3 is 11.9 Å². The molecule has 1 heterocycles. The molecule has 0 aromatic rings. The van der Waals surface area contributed by atoms with E-state index in [0.717, 1.165) is 82.9 Å².